The second-order valence-electron chi connectivity index (χ2n) is 5.13. The van der Waals surface area contributed by atoms with Gasteiger partial charge in [0.15, 0.2) is 0 Å². The van der Waals surface area contributed by atoms with Crippen molar-refractivity contribution in [2.24, 2.45) is 0 Å². The molecule has 0 amide bonds. The van der Waals surface area contributed by atoms with E-state index in [1.165, 1.54) is 0 Å². The molecule has 5 nitrogen and oxygen atoms in total. The van der Waals surface area contributed by atoms with Gasteiger partial charge in [-0.3, -0.25) is 0 Å². The fraction of sp³-hybridized carbons (Fsp3) is 0.312. The number of nitrogens with one attached hydrogen (secondary N) is 2. The van der Waals surface area contributed by atoms with Crippen LogP contribution in [0.4, 0.5) is 5.82 Å². The van der Waals surface area contributed by atoms with Gasteiger partial charge in [0.25, 0.3) is 0 Å². The molecule has 0 aliphatic carbocycles. The van der Waals surface area contributed by atoms with Gasteiger partial charge in [-0.15, -0.1) is 0 Å². The lowest BCUT2D eigenvalue weighted by molar-refractivity contribution is 0.625. The van der Waals surface area contributed by atoms with E-state index in [1.807, 2.05) is 30.3 Å². The zero-order valence-corrected chi connectivity index (χ0v) is 12.8. The lowest BCUT2D eigenvalue weighted by Gasteiger charge is -2.19. The van der Waals surface area contributed by atoms with Gasteiger partial charge >= 0.3 is 0 Å². The second kappa shape index (κ2) is 6.73. The van der Waals surface area contributed by atoms with Crippen LogP contribution >= 0.6 is 11.6 Å². The SMILES string of the molecule is N#Cc1nc2c(c(NCCc3ccccc3Cl)n1)CNCC2. The Hall–Kier alpha value is -2.16. The largest absolute Gasteiger partial charge is 0.369 e. The van der Waals surface area contributed by atoms with E-state index in [-0.39, 0.29) is 5.82 Å². The van der Waals surface area contributed by atoms with E-state index in [9.17, 15) is 0 Å². The summed E-state index contributed by atoms with van der Waals surface area (Å²) in [5.41, 5.74) is 3.12. The summed E-state index contributed by atoms with van der Waals surface area (Å²) in [5.74, 6) is 0.974. The van der Waals surface area contributed by atoms with Crippen molar-refractivity contribution in [2.75, 3.05) is 18.4 Å². The van der Waals surface area contributed by atoms with Crippen LogP contribution in [0.1, 0.15) is 22.6 Å². The van der Waals surface area contributed by atoms with Crippen molar-refractivity contribution in [3.8, 4) is 6.07 Å². The predicted molar refractivity (Wildman–Crippen MR) is 85.8 cm³/mol. The van der Waals surface area contributed by atoms with Crippen molar-refractivity contribution in [3.05, 3.63) is 51.9 Å². The topological polar surface area (TPSA) is 73.6 Å². The quantitative estimate of drug-likeness (QED) is 0.906. The normalized spacial score (nSPS) is 13.3. The van der Waals surface area contributed by atoms with Gasteiger partial charge in [0.2, 0.25) is 5.82 Å². The summed E-state index contributed by atoms with van der Waals surface area (Å²) < 4.78 is 0. The van der Waals surface area contributed by atoms with E-state index >= 15 is 0 Å². The first-order chi connectivity index (χ1) is 10.8. The molecule has 1 aromatic carbocycles. The van der Waals surface area contributed by atoms with Crippen molar-refractivity contribution in [1.82, 2.24) is 15.3 Å². The molecule has 3 rings (SSSR count). The van der Waals surface area contributed by atoms with Gasteiger partial charge in [0.05, 0.1) is 5.69 Å². The molecular formula is C16H16ClN5. The number of nitrogens with zero attached hydrogens (tertiary/aromatic N) is 3. The summed E-state index contributed by atoms with van der Waals surface area (Å²) in [4.78, 5) is 8.60. The van der Waals surface area contributed by atoms with Crippen molar-refractivity contribution in [1.29, 1.82) is 5.26 Å². The van der Waals surface area contributed by atoms with Crippen LogP contribution in [0.15, 0.2) is 24.3 Å². The number of halogens is 1. The number of nitriles is 1. The van der Waals surface area contributed by atoms with Crippen molar-refractivity contribution in [2.45, 2.75) is 19.4 Å². The van der Waals surface area contributed by atoms with E-state index in [4.69, 9.17) is 16.9 Å². The number of anilines is 1. The Morgan fingerprint density at radius 2 is 2.18 bits per heavy atom. The van der Waals surface area contributed by atoms with Crippen LogP contribution in [-0.4, -0.2) is 23.1 Å². The Morgan fingerprint density at radius 1 is 1.32 bits per heavy atom. The van der Waals surface area contributed by atoms with Gasteiger partial charge in [-0.25, -0.2) is 9.97 Å². The third-order valence-corrected chi connectivity index (χ3v) is 4.05. The van der Waals surface area contributed by atoms with Gasteiger partial charge in [-0.1, -0.05) is 29.8 Å². The van der Waals surface area contributed by atoms with Gasteiger partial charge in [-0.2, -0.15) is 5.26 Å². The molecule has 0 saturated heterocycles. The molecule has 0 radical (unpaired) electrons. The average Bonchev–Trinajstić information content (AvgIpc) is 2.56. The number of fused-ring (bicyclic) bond motifs is 1. The van der Waals surface area contributed by atoms with Crippen LogP contribution in [0.5, 0.6) is 0 Å². The predicted octanol–water partition coefficient (Wildman–Crippen LogP) is 2.30. The highest BCUT2D eigenvalue weighted by molar-refractivity contribution is 6.31. The van der Waals surface area contributed by atoms with Crippen LogP contribution in [0.3, 0.4) is 0 Å². The molecule has 0 atom stereocenters. The summed E-state index contributed by atoms with van der Waals surface area (Å²) in [6.45, 7) is 2.32. The zero-order valence-electron chi connectivity index (χ0n) is 12.1. The van der Waals surface area contributed by atoms with E-state index < -0.39 is 0 Å². The lowest BCUT2D eigenvalue weighted by Crippen LogP contribution is -2.27. The molecule has 112 valence electrons. The third-order valence-electron chi connectivity index (χ3n) is 3.68. The standard InChI is InChI=1S/C16H16ClN5/c17-13-4-2-1-3-11(13)5-8-20-16-12-10-19-7-6-14(12)21-15(9-18)22-16/h1-4,19H,5-8,10H2,(H,20,21,22). The fourth-order valence-electron chi connectivity index (χ4n) is 2.56. The first kappa shape index (κ1) is 14.8. The van der Waals surface area contributed by atoms with Crippen LogP contribution in [-0.2, 0) is 19.4 Å². The smallest absolute Gasteiger partial charge is 0.234 e. The highest BCUT2D eigenvalue weighted by Crippen LogP contribution is 2.20. The van der Waals surface area contributed by atoms with E-state index in [1.54, 1.807) is 0 Å². The minimum absolute atomic E-state index is 0.223. The van der Waals surface area contributed by atoms with Crippen molar-refractivity contribution < 1.29 is 0 Å². The molecular weight excluding hydrogens is 298 g/mol. The second-order valence-corrected chi connectivity index (χ2v) is 5.54. The Morgan fingerprint density at radius 3 is 3.00 bits per heavy atom. The van der Waals surface area contributed by atoms with Crippen molar-refractivity contribution >= 4 is 17.4 Å². The summed E-state index contributed by atoms with van der Waals surface area (Å²) in [7, 11) is 0. The summed E-state index contributed by atoms with van der Waals surface area (Å²) in [6.07, 6.45) is 1.62. The number of benzene rings is 1. The maximum Gasteiger partial charge on any atom is 0.234 e. The molecule has 2 aromatic rings. The zero-order chi connectivity index (χ0) is 15.4. The lowest BCUT2D eigenvalue weighted by atomic mass is 10.1. The Kier molecular flexibility index (Phi) is 4.52. The third kappa shape index (κ3) is 3.19. The molecule has 1 aromatic heterocycles. The molecule has 0 spiro atoms. The fourth-order valence-corrected chi connectivity index (χ4v) is 2.79. The molecule has 0 fully saturated rings. The minimum atomic E-state index is 0.223. The first-order valence-electron chi connectivity index (χ1n) is 7.26. The van der Waals surface area contributed by atoms with E-state index in [0.29, 0.717) is 6.54 Å². The molecule has 2 N–H and O–H groups in total. The molecule has 0 unspecified atom stereocenters. The maximum atomic E-state index is 9.07. The number of aromatic nitrogens is 2. The summed E-state index contributed by atoms with van der Waals surface area (Å²) in [6, 6.07) is 9.84. The highest BCUT2D eigenvalue weighted by Gasteiger charge is 2.17. The highest BCUT2D eigenvalue weighted by atomic mass is 35.5. The van der Waals surface area contributed by atoms with E-state index in [0.717, 1.165) is 53.6 Å². The Bertz CT molecular complexity index is 723. The molecule has 6 heteroatoms. The minimum Gasteiger partial charge on any atom is -0.369 e. The number of hydrogen-bond donors (Lipinski definition) is 2. The monoisotopic (exact) mass is 313 g/mol. The van der Waals surface area contributed by atoms with Crippen LogP contribution in [0.2, 0.25) is 5.02 Å². The van der Waals surface area contributed by atoms with Gasteiger partial charge in [-0.05, 0) is 18.1 Å². The Labute approximate surface area is 134 Å². The van der Waals surface area contributed by atoms with Gasteiger partial charge < -0.3 is 10.6 Å². The molecule has 22 heavy (non-hydrogen) atoms. The summed E-state index contributed by atoms with van der Waals surface area (Å²) >= 11 is 6.16. The molecule has 0 bridgehead atoms. The molecule has 1 aliphatic rings. The maximum absolute atomic E-state index is 9.07. The van der Waals surface area contributed by atoms with Crippen LogP contribution < -0.4 is 10.6 Å². The molecule has 2 heterocycles. The van der Waals surface area contributed by atoms with E-state index in [2.05, 4.69) is 20.6 Å². The molecule has 1 aliphatic heterocycles. The van der Waals surface area contributed by atoms with Crippen molar-refractivity contribution in [3.63, 3.8) is 0 Å². The van der Waals surface area contributed by atoms with Gasteiger partial charge in [0.1, 0.15) is 11.9 Å². The average molecular weight is 314 g/mol. The summed E-state index contributed by atoms with van der Waals surface area (Å²) in [5, 5.41) is 16.5. The van der Waals surface area contributed by atoms with Gasteiger partial charge in [0, 0.05) is 36.6 Å². The Balaban J connectivity index is 1.75. The first-order valence-corrected chi connectivity index (χ1v) is 7.63. The van der Waals surface area contributed by atoms with Crippen LogP contribution in [0.25, 0.3) is 0 Å². The number of rotatable bonds is 4. The number of hydrogen-bond acceptors (Lipinski definition) is 5. The molecule has 0 saturated carbocycles. The van der Waals surface area contributed by atoms with Crippen LogP contribution in [0, 0.1) is 11.3 Å².